The highest BCUT2D eigenvalue weighted by Crippen LogP contribution is 2.40. The first-order valence-corrected chi connectivity index (χ1v) is 16.5. The standard InChI is InChI=1S/C23H30N10O7S2.H2O4S/c1-23(2,21(38)39)40-29-12(16-28-22(26)42-30-16)17(34)27-13-18(35)33-14(20(36)37)11(9-41-19(13)33)8-32-7-10(5-4-6-24)15(25)31(32)3;1-5(2,3)4/h7,13,19,25H,4-6,8-9,24H2,1-3H3,(H5,26,27,28,30,34,36,37,38,39);(H2,1,2,3,4)/b29-12-;/t13-,19-;/m1./s1. The van der Waals surface area contributed by atoms with Gasteiger partial charge in [0.2, 0.25) is 23.3 Å². The number of nitrogens with zero attached hydrogens (tertiary/aromatic N) is 6. The maximum Gasteiger partial charge on any atom is 0.394 e. The van der Waals surface area contributed by atoms with E-state index in [2.05, 4.69) is 19.8 Å². The quantitative estimate of drug-likeness (QED) is 0.0364. The second-order valence-electron chi connectivity index (χ2n) is 10.4. The molecule has 2 aliphatic heterocycles. The number of hydrogen-bond acceptors (Lipinski definition) is 16. The van der Waals surface area contributed by atoms with Crippen LogP contribution in [0.2, 0.25) is 0 Å². The number of carboxylic acid groups (broad SMARTS) is 2. The normalized spacial score (nSPS) is 18.1. The van der Waals surface area contributed by atoms with E-state index < -0.39 is 56.9 Å². The molecule has 0 bridgehead atoms. The third-order valence-corrected chi connectivity index (χ3v) is 8.53. The number of carbonyl (C=O) groups is 4. The molecule has 2 atom stereocenters. The van der Waals surface area contributed by atoms with Crippen molar-refractivity contribution < 1.29 is 56.4 Å². The Bertz CT molecular complexity index is 1730. The first-order chi connectivity index (χ1) is 21.8. The van der Waals surface area contributed by atoms with Gasteiger partial charge in [-0.25, -0.2) is 4.79 Å². The first kappa shape index (κ1) is 37.1. The van der Waals surface area contributed by atoms with Gasteiger partial charge in [0.25, 0.3) is 11.8 Å². The molecule has 2 aromatic heterocycles. The van der Waals surface area contributed by atoms with E-state index in [1.165, 1.54) is 25.6 Å². The van der Waals surface area contributed by atoms with Gasteiger partial charge in [0, 0.05) is 22.9 Å². The van der Waals surface area contributed by atoms with E-state index in [1.54, 1.807) is 16.4 Å². The largest absolute Gasteiger partial charge is 0.543 e. The summed E-state index contributed by atoms with van der Waals surface area (Å²) in [4.78, 5) is 60.1. The molecule has 1 fully saturated rings. The fraction of sp³-hybridized carbons (Fsp3) is 0.478. The highest BCUT2D eigenvalue weighted by Gasteiger charge is 2.53. The van der Waals surface area contributed by atoms with Crippen molar-refractivity contribution in [2.45, 2.75) is 50.3 Å². The molecule has 1 saturated heterocycles. The van der Waals surface area contributed by atoms with Crippen molar-refractivity contribution in [3.8, 4) is 0 Å². The Kier molecular flexibility index (Phi) is 11.5. The SMILES string of the molecule is Cn1c(N)c(CCCN)c[n+]1CC1=C(C(=O)[O-])N2C(=O)[C@@H](NC(=O)/C(=N\OC(C)(C)C(=O)O)c3nsc(N)n3)[C@H]2SC1.O=S(=O)(O)O. The predicted octanol–water partition coefficient (Wildman–Crippen LogP) is -3.74. The van der Waals surface area contributed by atoms with Crippen LogP contribution in [-0.4, -0.2) is 100 Å². The van der Waals surface area contributed by atoms with E-state index in [4.69, 9.17) is 39.6 Å². The Morgan fingerprint density at radius 1 is 1.30 bits per heavy atom. The van der Waals surface area contributed by atoms with Gasteiger partial charge >= 0.3 is 16.4 Å². The number of hydrogen-bond donors (Lipinski definition) is 7. The summed E-state index contributed by atoms with van der Waals surface area (Å²) >= 11 is 2.02. The van der Waals surface area contributed by atoms with Crippen molar-refractivity contribution in [1.82, 2.24) is 24.3 Å². The molecule has 0 spiro atoms. The van der Waals surface area contributed by atoms with Crippen LogP contribution in [0, 0.1) is 0 Å². The summed E-state index contributed by atoms with van der Waals surface area (Å²) in [5, 5.41) is 26.9. The maximum absolute atomic E-state index is 13.2. The summed E-state index contributed by atoms with van der Waals surface area (Å²) in [5.74, 6) is -4.01. The molecule has 0 aliphatic carbocycles. The van der Waals surface area contributed by atoms with Crippen molar-refractivity contribution in [2.75, 3.05) is 23.8 Å². The number of carboxylic acids is 2. The van der Waals surface area contributed by atoms with E-state index in [1.807, 2.05) is 6.20 Å². The molecule has 47 heavy (non-hydrogen) atoms. The summed E-state index contributed by atoms with van der Waals surface area (Å²) < 4.78 is 38.9. The molecule has 2 aliphatic rings. The molecule has 4 heterocycles. The number of carbonyl (C=O) groups excluding carboxylic acids is 3. The van der Waals surface area contributed by atoms with E-state index in [-0.39, 0.29) is 29.0 Å². The highest BCUT2D eigenvalue weighted by molar-refractivity contribution is 8.00. The number of aryl methyl sites for hydroxylation is 1. The Balaban J connectivity index is 0.00000111. The molecule has 2 aromatic rings. The van der Waals surface area contributed by atoms with Crippen LogP contribution >= 0.6 is 23.3 Å². The van der Waals surface area contributed by atoms with Crippen LogP contribution in [0.1, 0.15) is 31.7 Å². The Morgan fingerprint density at radius 2 is 1.94 bits per heavy atom. The molecule has 0 aromatic carbocycles. The molecule has 24 heteroatoms. The molecule has 0 saturated carbocycles. The van der Waals surface area contributed by atoms with Crippen molar-refractivity contribution >= 4 is 74.1 Å². The average Bonchev–Trinajstić information content (AvgIpc) is 3.51. The average molecular weight is 721 g/mol. The molecule has 4 rings (SSSR count). The predicted molar refractivity (Wildman–Crippen MR) is 162 cm³/mol. The smallest absolute Gasteiger partial charge is 0.394 e. The highest BCUT2D eigenvalue weighted by atomic mass is 32.3. The minimum absolute atomic E-state index is 0.0114. The van der Waals surface area contributed by atoms with E-state index in [0.717, 1.165) is 28.4 Å². The topological polar surface area (TPSA) is 336 Å². The molecule has 0 radical (unpaired) electrons. The third kappa shape index (κ3) is 8.92. The Morgan fingerprint density at radius 3 is 2.47 bits per heavy atom. The van der Waals surface area contributed by atoms with Crippen LogP contribution in [0.4, 0.5) is 10.9 Å². The number of anilines is 2. The summed E-state index contributed by atoms with van der Waals surface area (Å²) in [5.41, 5.74) is 16.1. The number of oxime groups is 1. The number of nitrogens with two attached hydrogens (primary N) is 3. The molecule has 0 unspecified atom stereocenters. The van der Waals surface area contributed by atoms with Crippen LogP contribution in [0.5, 0.6) is 0 Å². The fourth-order valence-corrected chi connectivity index (χ4v) is 6.00. The van der Waals surface area contributed by atoms with Crippen LogP contribution in [0.25, 0.3) is 0 Å². The zero-order chi connectivity index (χ0) is 35.4. The summed E-state index contributed by atoms with van der Waals surface area (Å²) in [6.45, 7) is 3.07. The van der Waals surface area contributed by atoms with Crippen LogP contribution in [0.3, 0.4) is 0 Å². The molecular weight excluding hydrogens is 689 g/mol. The lowest BCUT2D eigenvalue weighted by Crippen LogP contribution is -2.71. The fourth-order valence-electron chi connectivity index (χ4n) is 4.23. The van der Waals surface area contributed by atoms with E-state index in [9.17, 15) is 29.4 Å². The van der Waals surface area contributed by atoms with E-state index >= 15 is 0 Å². The number of rotatable bonds is 12. The van der Waals surface area contributed by atoms with Gasteiger partial charge in [-0.1, -0.05) is 5.16 Å². The van der Waals surface area contributed by atoms with Gasteiger partial charge in [-0.15, -0.1) is 21.1 Å². The van der Waals surface area contributed by atoms with Gasteiger partial charge in [-0.05, 0) is 33.2 Å². The number of nitrogens with one attached hydrogen (secondary N) is 1. The van der Waals surface area contributed by atoms with Gasteiger partial charge in [0.1, 0.15) is 11.4 Å². The van der Waals surface area contributed by atoms with E-state index in [0.29, 0.717) is 24.4 Å². The first-order valence-electron chi connectivity index (χ1n) is 13.3. The van der Waals surface area contributed by atoms with Gasteiger partial charge in [-0.2, -0.15) is 17.8 Å². The molecule has 2 amide bonds. The van der Waals surface area contributed by atoms with Gasteiger partial charge in [0.15, 0.2) is 17.5 Å². The van der Waals surface area contributed by atoms with Crippen molar-refractivity contribution in [3.63, 3.8) is 0 Å². The summed E-state index contributed by atoms with van der Waals surface area (Å²) in [6, 6.07) is -1.13. The van der Waals surface area contributed by atoms with Crippen molar-refractivity contribution in [1.29, 1.82) is 0 Å². The minimum atomic E-state index is -4.67. The summed E-state index contributed by atoms with van der Waals surface area (Å²) in [6.07, 6.45) is 3.21. The lowest BCUT2D eigenvalue weighted by atomic mass is 10.0. The third-order valence-electron chi connectivity index (χ3n) is 6.65. The van der Waals surface area contributed by atoms with Crippen molar-refractivity contribution in [3.05, 3.63) is 28.9 Å². The summed E-state index contributed by atoms with van der Waals surface area (Å²) in [7, 11) is -2.93. The second kappa shape index (κ2) is 14.6. The monoisotopic (exact) mass is 720 g/mol. The number of thioether (sulfide) groups is 1. The van der Waals surface area contributed by atoms with Crippen LogP contribution in [0.15, 0.2) is 22.6 Å². The number of amides is 2. The van der Waals surface area contributed by atoms with Crippen molar-refractivity contribution in [2.24, 2.45) is 17.9 Å². The molecular formula is C23H32N10O11S3. The van der Waals surface area contributed by atoms with Gasteiger partial charge < -0.3 is 42.4 Å². The lowest BCUT2D eigenvalue weighted by molar-refractivity contribution is -0.765. The minimum Gasteiger partial charge on any atom is -0.543 e. The zero-order valence-corrected chi connectivity index (χ0v) is 27.5. The molecule has 10 N–H and O–H groups in total. The van der Waals surface area contributed by atoms with Crippen LogP contribution in [-0.2, 0) is 54.4 Å². The molecule has 21 nitrogen and oxygen atoms in total. The Hall–Kier alpha value is -4.36. The number of aliphatic carboxylic acids is 2. The molecule has 258 valence electrons. The number of nitrogen functional groups attached to an aromatic ring is 2. The lowest BCUT2D eigenvalue weighted by Gasteiger charge is -2.50. The van der Waals surface area contributed by atoms with Crippen LogP contribution < -0.4 is 32.3 Å². The number of β-lactam (4-membered cyclic amide) rings is 1. The van der Waals surface area contributed by atoms with Gasteiger partial charge in [0.05, 0.1) is 24.3 Å². The maximum atomic E-state index is 13.2. The van der Waals surface area contributed by atoms with Gasteiger partial charge in [-0.3, -0.25) is 23.6 Å². The zero-order valence-electron chi connectivity index (χ0n) is 25.0. The Labute approximate surface area is 275 Å². The number of fused-ring (bicyclic) bond motifs is 1. The second-order valence-corrected chi connectivity index (χ2v) is 13.2. The number of aromatic nitrogens is 4.